The standard InChI is InChI=1S/C23H22N2O5S/c1-2-30-18-9-5-8-16(21(18)27)12-19-22(28)25(23(29)31-19)14-20(26)24-11-10-15-6-3-4-7-17(15)13-24/h3-9,12,27H,2,10-11,13-14H2,1H3/b19-12-. The summed E-state index contributed by atoms with van der Waals surface area (Å²) in [4.78, 5) is 40.8. The Bertz CT molecular complexity index is 1080. The first-order valence-electron chi connectivity index (χ1n) is 10.0. The summed E-state index contributed by atoms with van der Waals surface area (Å²) in [5.41, 5.74) is 2.67. The van der Waals surface area contributed by atoms with Crippen molar-refractivity contribution in [2.75, 3.05) is 19.7 Å². The van der Waals surface area contributed by atoms with Crippen LogP contribution in [0.2, 0.25) is 0 Å². The predicted molar refractivity (Wildman–Crippen MR) is 118 cm³/mol. The molecule has 2 heterocycles. The van der Waals surface area contributed by atoms with Gasteiger partial charge in [-0.2, -0.15) is 0 Å². The summed E-state index contributed by atoms with van der Waals surface area (Å²) >= 11 is 0.758. The van der Waals surface area contributed by atoms with Gasteiger partial charge in [0.15, 0.2) is 11.5 Å². The molecule has 0 saturated carbocycles. The summed E-state index contributed by atoms with van der Waals surface area (Å²) in [7, 11) is 0. The average Bonchev–Trinajstić information content (AvgIpc) is 3.03. The summed E-state index contributed by atoms with van der Waals surface area (Å²) in [6, 6.07) is 12.9. The van der Waals surface area contributed by atoms with Crippen molar-refractivity contribution < 1.29 is 24.2 Å². The number of phenols is 1. The minimum Gasteiger partial charge on any atom is -0.504 e. The molecule has 0 aliphatic carbocycles. The van der Waals surface area contributed by atoms with Crippen LogP contribution in [0.1, 0.15) is 23.6 Å². The molecule has 1 fully saturated rings. The second kappa shape index (κ2) is 8.85. The van der Waals surface area contributed by atoms with Crippen LogP contribution in [0.15, 0.2) is 47.4 Å². The molecule has 1 N–H and O–H groups in total. The van der Waals surface area contributed by atoms with E-state index in [-0.39, 0.29) is 23.1 Å². The molecule has 0 aromatic heterocycles. The molecule has 160 valence electrons. The molecule has 3 amide bonds. The molecule has 8 heteroatoms. The first-order valence-corrected chi connectivity index (χ1v) is 10.8. The highest BCUT2D eigenvalue weighted by atomic mass is 32.2. The Morgan fingerprint density at radius 1 is 1.16 bits per heavy atom. The van der Waals surface area contributed by atoms with Gasteiger partial charge >= 0.3 is 0 Å². The Labute approximate surface area is 184 Å². The summed E-state index contributed by atoms with van der Waals surface area (Å²) in [5, 5.41) is 9.85. The van der Waals surface area contributed by atoms with Crippen molar-refractivity contribution in [1.82, 2.24) is 9.80 Å². The lowest BCUT2D eigenvalue weighted by Gasteiger charge is -2.29. The monoisotopic (exact) mass is 438 g/mol. The Hall–Kier alpha value is -3.26. The van der Waals surface area contributed by atoms with E-state index >= 15 is 0 Å². The highest BCUT2D eigenvalue weighted by Crippen LogP contribution is 2.36. The number of fused-ring (bicyclic) bond motifs is 1. The van der Waals surface area contributed by atoms with Crippen LogP contribution in [0.3, 0.4) is 0 Å². The molecule has 1 saturated heterocycles. The Balaban J connectivity index is 1.47. The molecule has 0 radical (unpaired) electrons. The third-order valence-corrected chi connectivity index (χ3v) is 6.17. The molecule has 4 rings (SSSR count). The van der Waals surface area contributed by atoms with Gasteiger partial charge in [-0.05, 0) is 48.4 Å². The molecule has 2 aromatic rings. The summed E-state index contributed by atoms with van der Waals surface area (Å²) in [5.74, 6) is -0.601. The van der Waals surface area contributed by atoms with Crippen molar-refractivity contribution in [2.24, 2.45) is 0 Å². The Morgan fingerprint density at radius 2 is 1.94 bits per heavy atom. The second-order valence-electron chi connectivity index (χ2n) is 7.23. The van der Waals surface area contributed by atoms with Crippen molar-refractivity contribution >= 4 is 34.9 Å². The number of hydrogen-bond donors (Lipinski definition) is 1. The van der Waals surface area contributed by atoms with E-state index in [1.54, 1.807) is 30.0 Å². The quantitative estimate of drug-likeness (QED) is 0.720. The minimum absolute atomic E-state index is 0.0980. The van der Waals surface area contributed by atoms with Gasteiger partial charge in [0.2, 0.25) is 5.91 Å². The molecule has 31 heavy (non-hydrogen) atoms. The van der Waals surface area contributed by atoms with Crippen LogP contribution in [0, 0.1) is 0 Å². The van der Waals surface area contributed by atoms with Gasteiger partial charge in [0, 0.05) is 18.7 Å². The topological polar surface area (TPSA) is 87.2 Å². The predicted octanol–water partition coefficient (Wildman–Crippen LogP) is 3.41. The summed E-state index contributed by atoms with van der Waals surface area (Å²) in [6.07, 6.45) is 2.20. The lowest BCUT2D eigenvalue weighted by Crippen LogP contribution is -2.44. The number of carbonyl (C=O) groups excluding carboxylic acids is 3. The van der Waals surface area contributed by atoms with Crippen molar-refractivity contribution in [3.63, 3.8) is 0 Å². The molecular formula is C23H22N2O5S. The number of para-hydroxylation sites is 1. The average molecular weight is 439 g/mol. The lowest BCUT2D eigenvalue weighted by molar-refractivity contribution is -0.136. The molecule has 0 atom stereocenters. The molecule has 2 aliphatic rings. The van der Waals surface area contributed by atoms with Gasteiger partial charge in [0.1, 0.15) is 6.54 Å². The summed E-state index contributed by atoms with van der Waals surface area (Å²) in [6.45, 7) is 2.92. The molecule has 0 unspecified atom stereocenters. The van der Waals surface area contributed by atoms with Crippen LogP contribution >= 0.6 is 11.8 Å². The number of rotatable bonds is 5. The van der Waals surface area contributed by atoms with Gasteiger partial charge in [0.25, 0.3) is 11.1 Å². The Morgan fingerprint density at radius 3 is 2.71 bits per heavy atom. The number of amides is 3. The minimum atomic E-state index is -0.540. The lowest BCUT2D eigenvalue weighted by atomic mass is 10.00. The smallest absolute Gasteiger partial charge is 0.294 e. The van der Waals surface area contributed by atoms with E-state index in [0.717, 1.165) is 28.6 Å². The van der Waals surface area contributed by atoms with E-state index in [1.165, 1.54) is 11.6 Å². The number of hydrogen-bond acceptors (Lipinski definition) is 6. The van der Waals surface area contributed by atoms with Crippen molar-refractivity contribution in [2.45, 2.75) is 19.9 Å². The van der Waals surface area contributed by atoms with Crippen molar-refractivity contribution in [3.8, 4) is 11.5 Å². The van der Waals surface area contributed by atoms with Crippen LogP contribution in [0.4, 0.5) is 4.79 Å². The van der Waals surface area contributed by atoms with E-state index in [9.17, 15) is 19.5 Å². The second-order valence-corrected chi connectivity index (χ2v) is 8.22. The fraction of sp³-hybridized carbons (Fsp3) is 0.261. The first kappa shape index (κ1) is 21.0. The van der Waals surface area contributed by atoms with Crippen molar-refractivity contribution in [3.05, 3.63) is 64.1 Å². The number of phenolic OH excluding ortho intramolecular Hbond substituents is 1. The summed E-state index contributed by atoms with van der Waals surface area (Å²) < 4.78 is 5.36. The van der Waals surface area contributed by atoms with E-state index in [1.807, 2.05) is 24.3 Å². The maximum atomic E-state index is 12.8. The van der Waals surface area contributed by atoms with Gasteiger partial charge in [-0.3, -0.25) is 19.3 Å². The number of nitrogens with zero attached hydrogens (tertiary/aromatic N) is 2. The maximum absolute atomic E-state index is 12.8. The molecule has 2 aromatic carbocycles. The Kier molecular flexibility index (Phi) is 5.99. The molecule has 0 spiro atoms. The zero-order valence-electron chi connectivity index (χ0n) is 17.0. The SMILES string of the molecule is CCOc1cccc(/C=C2\SC(=O)N(CC(=O)N3CCc4ccccc4C3)C2=O)c1O. The number of aromatic hydroxyl groups is 1. The first-order chi connectivity index (χ1) is 15.0. The van der Waals surface area contributed by atoms with Gasteiger partial charge in [-0.1, -0.05) is 36.4 Å². The number of thioether (sulfide) groups is 1. The highest BCUT2D eigenvalue weighted by molar-refractivity contribution is 8.18. The molecule has 7 nitrogen and oxygen atoms in total. The van der Waals surface area contributed by atoms with Crippen LogP contribution in [-0.2, 0) is 22.6 Å². The highest BCUT2D eigenvalue weighted by Gasteiger charge is 2.37. The van der Waals surface area contributed by atoms with E-state index < -0.39 is 11.1 Å². The molecular weight excluding hydrogens is 416 g/mol. The number of imide groups is 1. The number of ether oxygens (including phenoxy) is 1. The van der Waals surface area contributed by atoms with Crippen LogP contribution in [0.25, 0.3) is 6.08 Å². The van der Waals surface area contributed by atoms with E-state index in [2.05, 4.69) is 0 Å². The van der Waals surface area contributed by atoms with Crippen LogP contribution in [-0.4, -0.2) is 51.7 Å². The molecule has 2 aliphatic heterocycles. The zero-order chi connectivity index (χ0) is 22.0. The fourth-order valence-electron chi connectivity index (χ4n) is 3.65. The van der Waals surface area contributed by atoms with Crippen LogP contribution in [0.5, 0.6) is 11.5 Å². The maximum Gasteiger partial charge on any atom is 0.294 e. The third kappa shape index (κ3) is 4.29. The number of carbonyl (C=O) groups is 3. The van der Waals surface area contributed by atoms with E-state index in [4.69, 9.17) is 4.74 Å². The normalized spacial score (nSPS) is 17.3. The van der Waals surface area contributed by atoms with Gasteiger partial charge < -0.3 is 14.7 Å². The molecule has 0 bridgehead atoms. The van der Waals surface area contributed by atoms with E-state index in [0.29, 0.717) is 31.0 Å². The fourth-order valence-corrected chi connectivity index (χ4v) is 4.48. The van der Waals surface area contributed by atoms with Gasteiger partial charge in [-0.15, -0.1) is 0 Å². The van der Waals surface area contributed by atoms with Gasteiger partial charge in [-0.25, -0.2) is 0 Å². The third-order valence-electron chi connectivity index (χ3n) is 5.27. The zero-order valence-corrected chi connectivity index (χ0v) is 17.9. The number of benzene rings is 2. The van der Waals surface area contributed by atoms with Gasteiger partial charge in [0.05, 0.1) is 11.5 Å². The largest absolute Gasteiger partial charge is 0.504 e. The van der Waals surface area contributed by atoms with Crippen LogP contribution < -0.4 is 4.74 Å². The van der Waals surface area contributed by atoms with Crippen molar-refractivity contribution in [1.29, 1.82) is 0 Å².